The van der Waals surface area contributed by atoms with Gasteiger partial charge in [0.2, 0.25) is 10.0 Å². The Balaban J connectivity index is 3.07. The minimum Gasteiger partial charge on any atom is -0.395 e. The van der Waals surface area contributed by atoms with Gasteiger partial charge in [0.1, 0.15) is 0 Å². The molecule has 0 saturated carbocycles. The van der Waals surface area contributed by atoms with Crippen molar-refractivity contribution in [3.8, 4) is 0 Å². The molecule has 4 nitrogen and oxygen atoms in total. The zero-order valence-corrected chi connectivity index (χ0v) is 11.2. The van der Waals surface area contributed by atoms with Crippen LogP contribution in [0.2, 0.25) is 0 Å². The minimum absolute atomic E-state index is 0.0588. The SMILES string of the molecule is CC(C)[C@@H](CO)N(C)S(=O)(=O)c1ccccc1. The maximum absolute atomic E-state index is 12.3. The number of aliphatic hydroxyl groups excluding tert-OH is 1. The Labute approximate surface area is 103 Å². The largest absolute Gasteiger partial charge is 0.395 e. The maximum atomic E-state index is 12.3. The molecule has 1 aromatic carbocycles. The van der Waals surface area contributed by atoms with Crippen LogP contribution in [0.3, 0.4) is 0 Å². The average molecular weight is 257 g/mol. The van der Waals surface area contributed by atoms with E-state index in [9.17, 15) is 13.5 Å². The zero-order chi connectivity index (χ0) is 13.1. The summed E-state index contributed by atoms with van der Waals surface area (Å²) in [6, 6.07) is 7.85. The fourth-order valence-corrected chi connectivity index (χ4v) is 3.18. The predicted molar refractivity (Wildman–Crippen MR) is 67.1 cm³/mol. The van der Waals surface area contributed by atoms with Gasteiger partial charge >= 0.3 is 0 Å². The number of likely N-dealkylation sites (N-methyl/N-ethyl adjacent to an activating group) is 1. The van der Waals surface area contributed by atoms with E-state index in [2.05, 4.69) is 0 Å². The first-order valence-electron chi connectivity index (χ1n) is 5.55. The number of sulfonamides is 1. The molecule has 1 rings (SSSR count). The van der Waals surface area contributed by atoms with Crippen LogP contribution in [0.15, 0.2) is 35.2 Å². The second kappa shape index (κ2) is 5.62. The minimum atomic E-state index is -3.52. The Hall–Kier alpha value is -0.910. The summed E-state index contributed by atoms with van der Waals surface area (Å²) in [6.45, 7) is 3.59. The number of rotatable bonds is 5. The summed E-state index contributed by atoms with van der Waals surface area (Å²) in [4.78, 5) is 0.251. The molecule has 96 valence electrons. The normalized spacial score (nSPS) is 14.2. The Morgan fingerprint density at radius 1 is 1.24 bits per heavy atom. The standard InChI is InChI=1S/C12H19NO3S/c1-10(2)12(9-14)13(3)17(15,16)11-7-5-4-6-8-11/h4-8,10,12,14H,9H2,1-3H3/t12-/m1/s1. The van der Waals surface area contributed by atoms with Crippen LogP contribution >= 0.6 is 0 Å². The molecular formula is C12H19NO3S. The van der Waals surface area contributed by atoms with E-state index in [-0.39, 0.29) is 17.4 Å². The fraction of sp³-hybridized carbons (Fsp3) is 0.500. The molecular weight excluding hydrogens is 238 g/mol. The van der Waals surface area contributed by atoms with Gasteiger partial charge in [-0.25, -0.2) is 8.42 Å². The van der Waals surface area contributed by atoms with E-state index in [4.69, 9.17) is 0 Å². The summed E-state index contributed by atoms with van der Waals surface area (Å²) < 4.78 is 25.7. The van der Waals surface area contributed by atoms with Crippen molar-refractivity contribution >= 4 is 10.0 Å². The molecule has 0 aromatic heterocycles. The first-order chi connectivity index (χ1) is 7.91. The Kier molecular flexibility index (Phi) is 4.68. The summed E-state index contributed by atoms with van der Waals surface area (Å²) >= 11 is 0. The molecule has 0 aliphatic rings. The van der Waals surface area contributed by atoms with Crippen molar-refractivity contribution < 1.29 is 13.5 Å². The molecule has 1 N–H and O–H groups in total. The number of hydrogen-bond acceptors (Lipinski definition) is 3. The van der Waals surface area contributed by atoms with Crippen LogP contribution in [-0.2, 0) is 10.0 Å². The van der Waals surface area contributed by atoms with Gasteiger partial charge in [0, 0.05) is 7.05 Å². The van der Waals surface area contributed by atoms with Crippen LogP contribution in [0.4, 0.5) is 0 Å². The molecule has 0 aliphatic carbocycles. The molecule has 1 aromatic rings. The number of nitrogens with zero attached hydrogens (tertiary/aromatic N) is 1. The Morgan fingerprint density at radius 2 is 1.76 bits per heavy atom. The average Bonchev–Trinajstić information content (AvgIpc) is 2.30. The quantitative estimate of drug-likeness (QED) is 0.865. The summed E-state index contributed by atoms with van der Waals surface area (Å²) in [7, 11) is -2.02. The van der Waals surface area contributed by atoms with Gasteiger partial charge < -0.3 is 5.11 Å². The van der Waals surface area contributed by atoms with Crippen molar-refractivity contribution in [3.63, 3.8) is 0 Å². The van der Waals surface area contributed by atoms with Crippen LogP contribution in [0, 0.1) is 5.92 Å². The van der Waals surface area contributed by atoms with Crippen LogP contribution in [0.5, 0.6) is 0 Å². The smallest absolute Gasteiger partial charge is 0.243 e. The van der Waals surface area contributed by atoms with E-state index in [1.165, 1.54) is 11.4 Å². The topological polar surface area (TPSA) is 57.6 Å². The third-order valence-electron chi connectivity index (χ3n) is 2.84. The van der Waals surface area contributed by atoms with Crippen molar-refractivity contribution in [1.82, 2.24) is 4.31 Å². The maximum Gasteiger partial charge on any atom is 0.243 e. The highest BCUT2D eigenvalue weighted by molar-refractivity contribution is 7.89. The summed E-state index contributed by atoms with van der Waals surface area (Å²) in [6.07, 6.45) is 0. The van der Waals surface area contributed by atoms with E-state index < -0.39 is 16.1 Å². The van der Waals surface area contributed by atoms with E-state index in [0.29, 0.717) is 0 Å². The van der Waals surface area contributed by atoms with Crippen molar-refractivity contribution in [2.75, 3.05) is 13.7 Å². The number of aliphatic hydroxyl groups is 1. The van der Waals surface area contributed by atoms with Gasteiger partial charge in [0.05, 0.1) is 17.5 Å². The van der Waals surface area contributed by atoms with Gasteiger partial charge in [0.25, 0.3) is 0 Å². The lowest BCUT2D eigenvalue weighted by atomic mass is 10.1. The molecule has 0 aliphatic heterocycles. The highest BCUT2D eigenvalue weighted by Gasteiger charge is 2.29. The second-order valence-electron chi connectivity index (χ2n) is 4.33. The first kappa shape index (κ1) is 14.2. The molecule has 5 heteroatoms. The van der Waals surface area contributed by atoms with Crippen LogP contribution in [0.25, 0.3) is 0 Å². The van der Waals surface area contributed by atoms with E-state index in [1.807, 2.05) is 13.8 Å². The molecule has 0 unspecified atom stereocenters. The monoisotopic (exact) mass is 257 g/mol. The lowest BCUT2D eigenvalue weighted by Crippen LogP contribution is -2.42. The molecule has 0 saturated heterocycles. The van der Waals surface area contributed by atoms with Gasteiger partial charge in [-0.15, -0.1) is 0 Å². The van der Waals surface area contributed by atoms with Crippen molar-refractivity contribution in [1.29, 1.82) is 0 Å². The summed E-state index contributed by atoms with van der Waals surface area (Å²) in [5, 5.41) is 9.27. The predicted octanol–water partition coefficient (Wildman–Crippen LogP) is 1.32. The van der Waals surface area contributed by atoms with Crippen LogP contribution in [-0.4, -0.2) is 37.5 Å². The molecule has 0 amide bonds. The Bertz CT molecular complexity index is 442. The number of hydrogen-bond donors (Lipinski definition) is 1. The van der Waals surface area contributed by atoms with Crippen molar-refractivity contribution in [2.45, 2.75) is 24.8 Å². The third-order valence-corrected chi connectivity index (χ3v) is 4.74. The number of benzene rings is 1. The summed E-state index contributed by atoms with van der Waals surface area (Å²) in [5.74, 6) is 0.0588. The van der Waals surface area contributed by atoms with E-state index >= 15 is 0 Å². The van der Waals surface area contributed by atoms with Crippen molar-refractivity contribution in [2.24, 2.45) is 5.92 Å². The lowest BCUT2D eigenvalue weighted by molar-refractivity contribution is 0.167. The van der Waals surface area contributed by atoms with Crippen LogP contribution in [0.1, 0.15) is 13.8 Å². The zero-order valence-electron chi connectivity index (χ0n) is 10.4. The summed E-state index contributed by atoms with van der Waals surface area (Å²) in [5.41, 5.74) is 0. The first-order valence-corrected chi connectivity index (χ1v) is 6.99. The molecule has 1 atom stereocenters. The third kappa shape index (κ3) is 3.06. The van der Waals surface area contributed by atoms with Gasteiger partial charge in [0.15, 0.2) is 0 Å². The highest BCUT2D eigenvalue weighted by Crippen LogP contribution is 2.19. The molecule has 0 spiro atoms. The Morgan fingerprint density at radius 3 is 2.18 bits per heavy atom. The van der Waals surface area contributed by atoms with E-state index in [1.54, 1.807) is 30.3 Å². The van der Waals surface area contributed by atoms with Crippen LogP contribution < -0.4 is 0 Å². The van der Waals surface area contributed by atoms with Gasteiger partial charge in [-0.05, 0) is 18.1 Å². The molecule has 0 fully saturated rings. The highest BCUT2D eigenvalue weighted by atomic mass is 32.2. The van der Waals surface area contributed by atoms with Gasteiger partial charge in [-0.2, -0.15) is 4.31 Å². The van der Waals surface area contributed by atoms with Gasteiger partial charge in [-0.1, -0.05) is 32.0 Å². The molecule has 0 bridgehead atoms. The van der Waals surface area contributed by atoms with Crippen molar-refractivity contribution in [3.05, 3.63) is 30.3 Å². The molecule has 0 radical (unpaired) electrons. The molecule has 0 heterocycles. The van der Waals surface area contributed by atoms with E-state index in [0.717, 1.165) is 0 Å². The molecule has 17 heavy (non-hydrogen) atoms. The lowest BCUT2D eigenvalue weighted by Gasteiger charge is -2.28. The second-order valence-corrected chi connectivity index (χ2v) is 6.33. The van der Waals surface area contributed by atoms with Gasteiger partial charge in [-0.3, -0.25) is 0 Å². The fourth-order valence-electron chi connectivity index (χ4n) is 1.68.